The summed E-state index contributed by atoms with van der Waals surface area (Å²) in [4.78, 5) is 0. The molecule has 0 saturated carbocycles. The molecule has 0 aliphatic rings. The Morgan fingerprint density at radius 3 is 0.833 bits per heavy atom. The van der Waals surface area contributed by atoms with Gasteiger partial charge < -0.3 is 13.8 Å². The van der Waals surface area contributed by atoms with Crippen molar-refractivity contribution >= 4 is 0 Å². The van der Waals surface area contributed by atoms with Gasteiger partial charge in [-0.25, -0.2) is 0 Å². The first-order valence-corrected chi connectivity index (χ1v) is 1.41. The van der Waals surface area contributed by atoms with Crippen molar-refractivity contribution in [3.8, 4) is 0 Å². The van der Waals surface area contributed by atoms with E-state index in [9.17, 15) is 0 Å². The van der Waals surface area contributed by atoms with Crippen molar-refractivity contribution in [1.29, 1.82) is 0 Å². The molecule has 0 aromatic heterocycles. The monoisotopic (exact) mass is 126 g/mol. The van der Waals surface area contributed by atoms with Crippen LogP contribution < -0.4 is 0 Å². The molecule has 0 N–H and O–H groups in total. The van der Waals surface area contributed by atoms with Crippen molar-refractivity contribution in [1.82, 2.24) is 0 Å². The molecule has 0 atom stereocenters. The maximum atomic E-state index is 3.25. The van der Waals surface area contributed by atoms with Crippen LogP contribution in [0.15, 0.2) is 0 Å². The molecule has 0 radical (unpaired) electrons. The van der Waals surface area contributed by atoms with Crippen LogP contribution in [-0.4, -0.2) is 0 Å². The normalized spacial score (nSPS) is 2.00. The average molecular weight is 126 g/mol. The fraction of sp³-hybridized carbons (Fsp3) is 0.600. The smallest absolute Gasteiger partial charge is 0.346 e. The van der Waals surface area contributed by atoms with Gasteiger partial charge in [-0.05, 0) is 0 Å². The first-order chi connectivity index (χ1) is 2.00. The third-order valence-electron chi connectivity index (χ3n) is 0. The van der Waals surface area contributed by atoms with Crippen molar-refractivity contribution in [3.63, 3.8) is 0 Å². The molecule has 1 heteroatoms. The van der Waals surface area contributed by atoms with Crippen LogP contribution in [0.25, 0.3) is 0 Å². The van der Waals surface area contributed by atoms with Crippen LogP contribution in [0.5, 0.6) is 0 Å². The molecule has 0 bridgehead atoms. The average Bonchev–Trinajstić information content (AvgIpc) is 1.50. The molecule has 0 aliphatic carbocycles. The molecular weight excluding hydrogens is 112 g/mol. The zero-order valence-corrected chi connectivity index (χ0v) is 5.10. The SMILES string of the molecule is C.[CH2-]C.[CH2-]C.[Cr+2]. The quantitative estimate of drug-likeness (QED) is 0.437. The van der Waals surface area contributed by atoms with Gasteiger partial charge in [0.05, 0.1) is 0 Å². The van der Waals surface area contributed by atoms with Crippen molar-refractivity contribution in [2.24, 2.45) is 0 Å². The molecule has 0 saturated heterocycles. The van der Waals surface area contributed by atoms with E-state index in [1.807, 2.05) is 0 Å². The van der Waals surface area contributed by atoms with E-state index in [2.05, 4.69) is 13.8 Å². The molecule has 0 aliphatic heterocycles. The minimum atomic E-state index is 0. The Bertz CT molecular complexity index is 3.90. The second-order valence-electron chi connectivity index (χ2n) is 0. The third kappa shape index (κ3) is 199. The zero-order valence-electron chi connectivity index (χ0n) is 3.82. The second kappa shape index (κ2) is 401. The molecule has 40 valence electrons. The zero-order chi connectivity index (χ0) is 4.00. The summed E-state index contributed by atoms with van der Waals surface area (Å²) in [6.45, 7) is 10.0. The maximum absolute atomic E-state index is 3.25. The van der Waals surface area contributed by atoms with Gasteiger partial charge in [-0.3, -0.25) is 0 Å². The van der Waals surface area contributed by atoms with Crippen LogP contribution in [-0.2, 0) is 17.4 Å². The summed E-state index contributed by atoms with van der Waals surface area (Å²) < 4.78 is 0. The number of rotatable bonds is 0. The fourth-order valence-corrected chi connectivity index (χ4v) is 0. The van der Waals surface area contributed by atoms with Crippen LogP contribution in [0, 0.1) is 13.8 Å². The van der Waals surface area contributed by atoms with Gasteiger partial charge in [-0.2, -0.15) is 13.8 Å². The Labute approximate surface area is 53.1 Å². The Morgan fingerprint density at radius 2 is 0.833 bits per heavy atom. The molecule has 0 unspecified atom stereocenters. The summed E-state index contributed by atoms with van der Waals surface area (Å²) in [7, 11) is 0. The molecule has 0 fully saturated rings. The Morgan fingerprint density at radius 1 is 0.833 bits per heavy atom. The van der Waals surface area contributed by atoms with Crippen molar-refractivity contribution in [2.75, 3.05) is 0 Å². The first kappa shape index (κ1) is 31.2. The molecular formula is C5H14Cr. The van der Waals surface area contributed by atoms with Crippen LogP contribution in [0.1, 0.15) is 21.3 Å². The van der Waals surface area contributed by atoms with E-state index in [1.54, 1.807) is 13.8 Å². The van der Waals surface area contributed by atoms with E-state index < -0.39 is 0 Å². The summed E-state index contributed by atoms with van der Waals surface area (Å²) in [5, 5.41) is 0. The molecule has 0 spiro atoms. The van der Waals surface area contributed by atoms with Crippen LogP contribution >= 0.6 is 0 Å². The topological polar surface area (TPSA) is 0 Å². The predicted octanol–water partition coefficient (Wildman–Crippen LogP) is 2.31. The van der Waals surface area contributed by atoms with Crippen LogP contribution in [0.2, 0.25) is 0 Å². The second-order valence-corrected chi connectivity index (χ2v) is 0. The predicted molar refractivity (Wildman–Crippen MR) is 28.8 cm³/mol. The van der Waals surface area contributed by atoms with Gasteiger partial charge in [0.25, 0.3) is 0 Å². The summed E-state index contributed by atoms with van der Waals surface area (Å²) >= 11 is 0. The van der Waals surface area contributed by atoms with E-state index in [-0.39, 0.29) is 24.8 Å². The molecule has 0 heterocycles. The van der Waals surface area contributed by atoms with Gasteiger partial charge in [0.15, 0.2) is 0 Å². The van der Waals surface area contributed by atoms with E-state index in [0.717, 1.165) is 0 Å². The molecule has 0 aromatic rings. The van der Waals surface area contributed by atoms with Gasteiger partial charge in [0, 0.05) is 0 Å². The molecule has 6 heavy (non-hydrogen) atoms. The summed E-state index contributed by atoms with van der Waals surface area (Å²) in [6, 6.07) is 0. The largest absolute Gasteiger partial charge is 2.00 e. The van der Waals surface area contributed by atoms with E-state index in [0.29, 0.717) is 0 Å². The Hall–Kier alpha value is 0.532. The van der Waals surface area contributed by atoms with Crippen molar-refractivity contribution < 1.29 is 17.4 Å². The fourth-order valence-electron chi connectivity index (χ4n) is 0. The molecule has 0 rings (SSSR count). The van der Waals surface area contributed by atoms with Crippen LogP contribution in [0.3, 0.4) is 0 Å². The molecule has 0 nitrogen and oxygen atoms in total. The van der Waals surface area contributed by atoms with Gasteiger partial charge in [0.2, 0.25) is 0 Å². The standard InChI is InChI=1S/2C2H5.CH4.Cr/c2*1-2;;/h2*1H2,2H3;1H4;/q2*-1;;+2. The van der Waals surface area contributed by atoms with Gasteiger partial charge >= 0.3 is 17.4 Å². The summed E-state index contributed by atoms with van der Waals surface area (Å²) in [6.07, 6.45) is 0. The van der Waals surface area contributed by atoms with Gasteiger partial charge in [-0.15, -0.1) is 0 Å². The Balaban J connectivity index is -0.00000000500. The molecule has 0 amide bonds. The minimum absolute atomic E-state index is 0. The van der Waals surface area contributed by atoms with Crippen molar-refractivity contribution in [3.05, 3.63) is 13.8 Å². The van der Waals surface area contributed by atoms with E-state index >= 15 is 0 Å². The number of hydrogen-bond acceptors (Lipinski definition) is 0. The maximum Gasteiger partial charge on any atom is 2.00 e. The van der Waals surface area contributed by atoms with Gasteiger partial charge in [-0.1, -0.05) is 7.43 Å². The summed E-state index contributed by atoms with van der Waals surface area (Å²) in [5.74, 6) is 0. The third-order valence-corrected chi connectivity index (χ3v) is 0. The van der Waals surface area contributed by atoms with E-state index in [4.69, 9.17) is 0 Å². The molecule has 0 aromatic carbocycles. The van der Waals surface area contributed by atoms with Gasteiger partial charge in [0.1, 0.15) is 0 Å². The Kier molecular flexibility index (Phi) is 2080. The van der Waals surface area contributed by atoms with E-state index in [1.165, 1.54) is 0 Å². The van der Waals surface area contributed by atoms with Crippen molar-refractivity contribution in [2.45, 2.75) is 21.3 Å². The number of hydrogen-bond donors (Lipinski definition) is 0. The summed E-state index contributed by atoms with van der Waals surface area (Å²) in [5.41, 5.74) is 0. The van der Waals surface area contributed by atoms with Crippen LogP contribution in [0.4, 0.5) is 0 Å². The minimum Gasteiger partial charge on any atom is -0.346 e. The first-order valence-electron chi connectivity index (χ1n) is 1.41.